The second-order valence-corrected chi connectivity index (χ2v) is 7.02. The zero-order valence-electron chi connectivity index (χ0n) is 11.3. The summed E-state index contributed by atoms with van der Waals surface area (Å²) in [7, 11) is -3.69. The molecule has 1 saturated heterocycles. The van der Waals surface area contributed by atoms with E-state index in [2.05, 4.69) is 18.7 Å². The van der Waals surface area contributed by atoms with E-state index in [-0.39, 0.29) is 4.90 Å². The first-order valence-electron chi connectivity index (χ1n) is 6.46. The molecular formula is C13H21N3O2S. The van der Waals surface area contributed by atoms with Crippen molar-refractivity contribution in [1.82, 2.24) is 0 Å². The van der Waals surface area contributed by atoms with Crippen LogP contribution in [0.4, 0.5) is 11.4 Å². The standard InChI is InChI=1S/C13H21N3O2S/c1-9-5-6-16(8-10(9)2)13-4-3-11(7-12(13)14)19(15,17)18/h3-4,7,9-10H,5-6,8,14H2,1-2H3,(H2,15,17,18). The van der Waals surface area contributed by atoms with Crippen molar-refractivity contribution in [2.45, 2.75) is 25.2 Å². The minimum atomic E-state index is -3.69. The van der Waals surface area contributed by atoms with Crippen LogP contribution < -0.4 is 15.8 Å². The number of primary sulfonamides is 1. The second-order valence-electron chi connectivity index (χ2n) is 5.45. The van der Waals surface area contributed by atoms with E-state index in [1.807, 2.05) is 0 Å². The van der Waals surface area contributed by atoms with Gasteiger partial charge in [-0.1, -0.05) is 13.8 Å². The molecule has 2 unspecified atom stereocenters. The predicted octanol–water partition coefficient (Wildman–Crippen LogP) is 1.40. The normalized spacial score (nSPS) is 24.5. The lowest BCUT2D eigenvalue weighted by Gasteiger charge is -2.37. The van der Waals surface area contributed by atoms with Gasteiger partial charge in [-0.05, 0) is 36.5 Å². The summed E-state index contributed by atoms with van der Waals surface area (Å²) in [6.07, 6.45) is 1.12. The first-order chi connectivity index (χ1) is 8.79. The Morgan fingerprint density at radius 3 is 2.47 bits per heavy atom. The maximum atomic E-state index is 11.3. The highest BCUT2D eigenvalue weighted by Crippen LogP contribution is 2.31. The van der Waals surface area contributed by atoms with Gasteiger partial charge in [0.25, 0.3) is 0 Å². The molecule has 5 nitrogen and oxygen atoms in total. The largest absolute Gasteiger partial charge is 0.397 e. The Morgan fingerprint density at radius 1 is 1.26 bits per heavy atom. The van der Waals surface area contributed by atoms with Crippen LogP contribution in [0.5, 0.6) is 0 Å². The monoisotopic (exact) mass is 283 g/mol. The third kappa shape index (κ3) is 3.01. The van der Waals surface area contributed by atoms with E-state index >= 15 is 0 Å². The van der Waals surface area contributed by atoms with Crippen LogP contribution in [0, 0.1) is 11.8 Å². The number of hydrogen-bond donors (Lipinski definition) is 2. The number of piperidine rings is 1. The van der Waals surface area contributed by atoms with Crippen LogP contribution in [0.3, 0.4) is 0 Å². The number of nitrogens with zero attached hydrogens (tertiary/aromatic N) is 1. The Labute approximate surface area is 114 Å². The number of rotatable bonds is 2. The molecule has 1 heterocycles. The average molecular weight is 283 g/mol. The van der Waals surface area contributed by atoms with Gasteiger partial charge >= 0.3 is 0 Å². The van der Waals surface area contributed by atoms with Crippen LogP contribution in [-0.4, -0.2) is 21.5 Å². The third-order valence-corrected chi connectivity index (χ3v) is 4.91. The van der Waals surface area contributed by atoms with Crippen LogP contribution in [-0.2, 0) is 10.0 Å². The van der Waals surface area contributed by atoms with Crippen molar-refractivity contribution in [3.63, 3.8) is 0 Å². The van der Waals surface area contributed by atoms with Crippen LogP contribution in [0.25, 0.3) is 0 Å². The molecule has 1 aromatic carbocycles. The molecule has 6 heteroatoms. The number of nitrogens with two attached hydrogens (primary N) is 2. The van der Waals surface area contributed by atoms with E-state index < -0.39 is 10.0 Å². The molecule has 19 heavy (non-hydrogen) atoms. The molecule has 0 saturated carbocycles. The summed E-state index contributed by atoms with van der Waals surface area (Å²) in [5.41, 5.74) is 7.33. The number of hydrogen-bond acceptors (Lipinski definition) is 4. The highest BCUT2D eigenvalue weighted by Gasteiger charge is 2.24. The first-order valence-corrected chi connectivity index (χ1v) is 8.01. The second kappa shape index (κ2) is 5.02. The number of benzene rings is 1. The minimum absolute atomic E-state index is 0.0622. The Morgan fingerprint density at radius 2 is 1.95 bits per heavy atom. The van der Waals surface area contributed by atoms with Gasteiger partial charge < -0.3 is 10.6 Å². The fourth-order valence-electron chi connectivity index (χ4n) is 2.48. The number of sulfonamides is 1. The lowest BCUT2D eigenvalue weighted by Crippen LogP contribution is -2.38. The van der Waals surface area contributed by atoms with Gasteiger partial charge in [-0.2, -0.15) is 0 Å². The third-order valence-electron chi connectivity index (χ3n) is 4.00. The van der Waals surface area contributed by atoms with Crippen LogP contribution in [0.15, 0.2) is 23.1 Å². The lowest BCUT2D eigenvalue weighted by atomic mass is 9.88. The lowest BCUT2D eigenvalue weighted by molar-refractivity contribution is 0.324. The zero-order chi connectivity index (χ0) is 14.2. The van der Waals surface area contributed by atoms with Crippen molar-refractivity contribution in [1.29, 1.82) is 0 Å². The molecular weight excluding hydrogens is 262 g/mol. The van der Waals surface area contributed by atoms with Crippen molar-refractivity contribution in [2.24, 2.45) is 17.0 Å². The molecule has 0 spiro atoms. The van der Waals surface area contributed by atoms with E-state index in [0.29, 0.717) is 17.5 Å². The number of anilines is 2. The van der Waals surface area contributed by atoms with E-state index in [1.165, 1.54) is 12.1 Å². The maximum absolute atomic E-state index is 11.3. The van der Waals surface area contributed by atoms with Crippen LogP contribution >= 0.6 is 0 Å². The van der Waals surface area contributed by atoms with E-state index in [0.717, 1.165) is 25.2 Å². The van der Waals surface area contributed by atoms with Crippen molar-refractivity contribution in [3.05, 3.63) is 18.2 Å². The summed E-state index contributed by atoms with van der Waals surface area (Å²) in [6.45, 7) is 6.38. The topological polar surface area (TPSA) is 89.4 Å². The maximum Gasteiger partial charge on any atom is 0.238 e. The van der Waals surface area contributed by atoms with Crippen LogP contribution in [0.1, 0.15) is 20.3 Å². The molecule has 1 aliphatic rings. The molecule has 1 fully saturated rings. The Bertz CT molecular complexity index is 571. The van der Waals surface area contributed by atoms with Gasteiger partial charge in [-0.25, -0.2) is 13.6 Å². The Kier molecular flexibility index (Phi) is 3.73. The van der Waals surface area contributed by atoms with Gasteiger partial charge in [0.05, 0.1) is 16.3 Å². The summed E-state index contributed by atoms with van der Waals surface area (Å²) < 4.78 is 22.6. The van der Waals surface area contributed by atoms with E-state index in [1.54, 1.807) is 6.07 Å². The SMILES string of the molecule is CC1CCN(c2ccc(S(N)(=O)=O)cc2N)CC1C. The Balaban J connectivity index is 2.27. The summed E-state index contributed by atoms with van der Waals surface area (Å²) >= 11 is 0. The molecule has 0 amide bonds. The van der Waals surface area contributed by atoms with E-state index in [9.17, 15) is 8.42 Å². The molecule has 4 N–H and O–H groups in total. The molecule has 1 aromatic rings. The molecule has 2 rings (SSSR count). The van der Waals surface area contributed by atoms with Gasteiger partial charge in [0.2, 0.25) is 10.0 Å². The molecule has 0 radical (unpaired) electrons. The average Bonchev–Trinajstić information content (AvgIpc) is 2.31. The predicted molar refractivity (Wildman–Crippen MR) is 77.4 cm³/mol. The van der Waals surface area contributed by atoms with Gasteiger partial charge in [-0.15, -0.1) is 0 Å². The zero-order valence-corrected chi connectivity index (χ0v) is 12.2. The Hall–Kier alpha value is -1.27. The van der Waals surface area contributed by atoms with Gasteiger partial charge in [0.15, 0.2) is 0 Å². The first kappa shape index (κ1) is 14.1. The van der Waals surface area contributed by atoms with Gasteiger partial charge in [-0.3, -0.25) is 0 Å². The minimum Gasteiger partial charge on any atom is -0.397 e. The highest BCUT2D eigenvalue weighted by atomic mass is 32.2. The number of nitrogen functional groups attached to an aromatic ring is 1. The van der Waals surface area contributed by atoms with Crippen LogP contribution in [0.2, 0.25) is 0 Å². The summed E-state index contributed by atoms with van der Waals surface area (Å²) in [5.74, 6) is 1.31. The van der Waals surface area contributed by atoms with Crippen molar-refractivity contribution >= 4 is 21.4 Å². The van der Waals surface area contributed by atoms with Gasteiger partial charge in [0.1, 0.15) is 0 Å². The van der Waals surface area contributed by atoms with Gasteiger partial charge in [0, 0.05) is 13.1 Å². The molecule has 0 bridgehead atoms. The van der Waals surface area contributed by atoms with Crippen molar-refractivity contribution in [3.8, 4) is 0 Å². The molecule has 1 aliphatic heterocycles. The fraction of sp³-hybridized carbons (Fsp3) is 0.538. The molecule has 2 atom stereocenters. The van der Waals surface area contributed by atoms with E-state index in [4.69, 9.17) is 10.9 Å². The van der Waals surface area contributed by atoms with Crippen molar-refractivity contribution < 1.29 is 8.42 Å². The molecule has 0 aliphatic carbocycles. The fourth-order valence-corrected chi connectivity index (χ4v) is 3.03. The summed E-state index contributed by atoms with van der Waals surface area (Å²) in [6, 6.07) is 4.70. The van der Waals surface area contributed by atoms with Crippen molar-refractivity contribution in [2.75, 3.05) is 23.7 Å². The highest BCUT2D eigenvalue weighted by molar-refractivity contribution is 7.89. The molecule has 106 valence electrons. The summed E-state index contributed by atoms with van der Waals surface area (Å²) in [4.78, 5) is 2.28. The molecule has 0 aromatic heterocycles. The quantitative estimate of drug-likeness (QED) is 0.803. The summed E-state index contributed by atoms with van der Waals surface area (Å²) in [5, 5.41) is 5.10. The smallest absolute Gasteiger partial charge is 0.238 e.